The third-order valence-electron chi connectivity index (χ3n) is 5.80. The predicted octanol–water partition coefficient (Wildman–Crippen LogP) is 6.96. The molecule has 38 heavy (non-hydrogen) atoms. The molecule has 0 saturated carbocycles. The summed E-state index contributed by atoms with van der Waals surface area (Å²) in [5.74, 6) is -0.364. The predicted molar refractivity (Wildman–Crippen MR) is 147 cm³/mol. The second kappa shape index (κ2) is 10.6. The standard InChI is InChI=1S/C28H31ClFN3O4S/c1-27(2,3)24-13-22(37-32-24)18-11-21-23(12-19(18)30)38-15-20(31-26(35)36-28(4,5)6)25(34)33(21)14-16-7-9-17(29)10-8-16/h7-13,20H,14-15H2,1-6H3,(H,31,35)/t20-/m0/s1. The topological polar surface area (TPSA) is 84.7 Å². The second-order valence-corrected chi connectivity index (χ2v) is 12.7. The van der Waals surface area contributed by atoms with Crippen LogP contribution in [-0.2, 0) is 21.5 Å². The van der Waals surface area contributed by atoms with Crippen LogP contribution in [0.1, 0.15) is 52.8 Å². The van der Waals surface area contributed by atoms with Crippen molar-refractivity contribution in [3.05, 3.63) is 64.6 Å². The van der Waals surface area contributed by atoms with Crippen molar-refractivity contribution in [1.29, 1.82) is 0 Å². The zero-order chi connectivity index (χ0) is 27.8. The smallest absolute Gasteiger partial charge is 0.408 e. The van der Waals surface area contributed by atoms with Crippen LogP contribution < -0.4 is 10.2 Å². The first-order valence-corrected chi connectivity index (χ1v) is 13.6. The lowest BCUT2D eigenvalue weighted by Gasteiger charge is -2.27. The average molecular weight is 560 g/mol. The fourth-order valence-electron chi connectivity index (χ4n) is 3.85. The van der Waals surface area contributed by atoms with E-state index in [0.29, 0.717) is 21.3 Å². The van der Waals surface area contributed by atoms with Crippen molar-refractivity contribution < 1.29 is 23.2 Å². The molecule has 0 spiro atoms. The Kier molecular flexibility index (Phi) is 7.81. The highest BCUT2D eigenvalue weighted by molar-refractivity contribution is 7.99. The van der Waals surface area contributed by atoms with Gasteiger partial charge in [0.15, 0.2) is 5.76 Å². The number of halogens is 2. The molecular formula is C28H31ClFN3O4S. The molecule has 2 heterocycles. The fraction of sp³-hybridized carbons (Fsp3) is 0.393. The maximum Gasteiger partial charge on any atom is 0.408 e. The van der Waals surface area contributed by atoms with E-state index in [1.165, 1.54) is 17.8 Å². The molecule has 0 saturated heterocycles. The van der Waals surface area contributed by atoms with Gasteiger partial charge in [-0.3, -0.25) is 4.79 Å². The van der Waals surface area contributed by atoms with E-state index in [1.807, 2.05) is 32.9 Å². The van der Waals surface area contributed by atoms with Gasteiger partial charge in [0.25, 0.3) is 5.91 Å². The van der Waals surface area contributed by atoms with Gasteiger partial charge >= 0.3 is 6.09 Å². The number of benzene rings is 2. The average Bonchev–Trinajstić information content (AvgIpc) is 3.27. The monoisotopic (exact) mass is 559 g/mol. The van der Waals surface area contributed by atoms with Crippen LogP contribution >= 0.6 is 23.4 Å². The Hall–Kier alpha value is -3.04. The van der Waals surface area contributed by atoms with Crippen molar-refractivity contribution >= 4 is 41.1 Å². The largest absolute Gasteiger partial charge is 0.444 e. The molecule has 0 fully saturated rings. The minimum atomic E-state index is -0.890. The number of alkyl carbamates (subject to hydrolysis) is 1. The Morgan fingerprint density at radius 1 is 1.18 bits per heavy atom. The zero-order valence-electron chi connectivity index (χ0n) is 22.2. The highest BCUT2D eigenvalue weighted by Gasteiger charge is 2.34. The Balaban J connectivity index is 1.75. The molecule has 2 aromatic carbocycles. The van der Waals surface area contributed by atoms with Crippen LogP contribution in [0.3, 0.4) is 0 Å². The Morgan fingerprint density at radius 2 is 1.87 bits per heavy atom. The minimum absolute atomic E-state index is 0.185. The maximum absolute atomic E-state index is 15.4. The molecule has 1 N–H and O–H groups in total. The summed E-state index contributed by atoms with van der Waals surface area (Å²) in [6.45, 7) is 11.4. The lowest BCUT2D eigenvalue weighted by Crippen LogP contribution is -2.50. The molecule has 1 atom stereocenters. The number of amides is 2. The summed E-state index contributed by atoms with van der Waals surface area (Å²) in [6, 6.07) is 10.9. The number of rotatable bonds is 4. The summed E-state index contributed by atoms with van der Waals surface area (Å²) in [5.41, 5.74) is 1.20. The van der Waals surface area contributed by atoms with Crippen LogP contribution in [0.4, 0.5) is 14.9 Å². The van der Waals surface area contributed by atoms with Gasteiger partial charge in [0.05, 0.1) is 23.5 Å². The number of ether oxygens (including phenoxy) is 1. The van der Waals surface area contributed by atoms with E-state index < -0.39 is 23.6 Å². The van der Waals surface area contributed by atoms with Gasteiger partial charge in [-0.1, -0.05) is 49.7 Å². The summed E-state index contributed by atoms with van der Waals surface area (Å²) >= 11 is 7.35. The number of hydrogen-bond donors (Lipinski definition) is 1. The van der Waals surface area contributed by atoms with E-state index in [-0.39, 0.29) is 34.9 Å². The van der Waals surface area contributed by atoms with Gasteiger partial charge in [-0.15, -0.1) is 11.8 Å². The summed E-state index contributed by atoms with van der Waals surface area (Å²) in [7, 11) is 0. The normalized spacial score (nSPS) is 16.2. The van der Waals surface area contributed by atoms with Gasteiger partial charge in [-0.25, -0.2) is 9.18 Å². The maximum atomic E-state index is 15.4. The van der Waals surface area contributed by atoms with E-state index in [2.05, 4.69) is 10.5 Å². The van der Waals surface area contributed by atoms with Gasteiger partial charge in [-0.2, -0.15) is 0 Å². The van der Waals surface area contributed by atoms with Crippen LogP contribution in [-0.4, -0.2) is 34.6 Å². The van der Waals surface area contributed by atoms with Crippen molar-refractivity contribution in [2.45, 2.75) is 70.0 Å². The number of aromatic nitrogens is 1. The van der Waals surface area contributed by atoms with Crippen molar-refractivity contribution in [3.8, 4) is 11.3 Å². The highest BCUT2D eigenvalue weighted by atomic mass is 35.5. The molecule has 0 bridgehead atoms. The lowest BCUT2D eigenvalue weighted by atomic mass is 9.92. The summed E-state index contributed by atoms with van der Waals surface area (Å²) < 4.78 is 26.3. The van der Waals surface area contributed by atoms with Crippen molar-refractivity contribution in [2.24, 2.45) is 0 Å². The molecule has 1 aliphatic rings. The first-order chi connectivity index (χ1) is 17.7. The molecule has 4 rings (SSSR count). The van der Waals surface area contributed by atoms with Gasteiger partial charge in [0.2, 0.25) is 0 Å². The van der Waals surface area contributed by atoms with Gasteiger partial charge < -0.3 is 19.5 Å². The second-order valence-electron chi connectivity index (χ2n) is 11.2. The van der Waals surface area contributed by atoms with Crippen molar-refractivity contribution in [1.82, 2.24) is 10.5 Å². The van der Waals surface area contributed by atoms with Crippen LogP contribution in [0.2, 0.25) is 5.02 Å². The van der Waals surface area contributed by atoms with Crippen molar-refractivity contribution in [3.63, 3.8) is 0 Å². The molecule has 0 unspecified atom stereocenters. The van der Waals surface area contributed by atoms with E-state index in [9.17, 15) is 9.59 Å². The Morgan fingerprint density at radius 3 is 2.47 bits per heavy atom. The molecule has 0 radical (unpaired) electrons. The number of anilines is 1. The summed E-state index contributed by atoms with van der Waals surface area (Å²) in [4.78, 5) is 28.5. The van der Waals surface area contributed by atoms with E-state index in [4.69, 9.17) is 20.9 Å². The number of fused-ring (bicyclic) bond motifs is 1. The molecule has 7 nitrogen and oxygen atoms in total. The van der Waals surface area contributed by atoms with Gasteiger partial charge in [-0.05, 0) is 50.6 Å². The third kappa shape index (κ3) is 6.50. The summed E-state index contributed by atoms with van der Waals surface area (Å²) in [5, 5.41) is 7.38. The van der Waals surface area contributed by atoms with Crippen LogP contribution in [0.25, 0.3) is 11.3 Å². The molecular weight excluding hydrogens is 529 g/mol. The Labute approximate surface area is 231 Å². The highest BCUT2D eigenvalue weighted by Crippen LogP contribution is 2.40. The third-order valence-corrected chi connectivity index (χ3v) is 7.19. The number of hydrogen-bond acceptors (Lipinski definition) is 6. The van der Waals surface area contributed by atoms with E-state index in [0.717, 1.165) is 5.56 Å². The molecule has 0 aliphatic carbocycles. The Bertz CT molecular complexity index is 1350. The molecule has 1 aliphatic heterocycles. The van der Waals surface area contributed by atoms with Gasteiger partial charge in [0.1, 0.15) is 17.5 Å². The first kappa shape index (κ1) is 28.0. The number of nitrogens with one attached hydrogen (secondary N) is 1. The molecule has 202 valence electrons. The molecule has 3 aromatic rings. The van der Waals surface area contributed by atoms with Crippen LogP contribution in [0.5, 0.6) is 0 Å². The molecule has 1 aromatic heterocycles. The number of nitrogens with zero attached hydrogens (tertiary/aromatic N) is 2. The minimum Gasteiger partial charge on any atom is -0.444 e. The van der Waals surface area contributed by atoms with Gasteiger partial charge in [0, 0.05) is 27.2 Å². The number of carbonyl (C=O) groups excluding carboxylic acids is 2. The first-order valence-electron chi connectivity index (χ1n) is 12.2. The van der Waals surface area contributed by atoms with E-state index in [1.54, 1.807) is 49.9 Å². The summed E-state index contributed by atoms with van der Waals surface area (Å²) in [6.07, 6.45) is -0.697. The molecule has 2 amide bonds. The van der Waals surface area contributed by atoms with Crippen molar-refractivity contribution in [2.75, 3.05) is 10.7 Å². The number of thioether (sulfide) groups is 1. The number of carbonyl (C=O) groups is 2. The molecule has 10 heteroatoms. The fourth-order valence-corrected chi connectivity index (χ4v) is 5.06. The SMILES string of the molecule is CC(C)(C)OC(=O)N[C@H]1CSc2cc(F)c(-c3cc(C(C)(C)C)no3)cc2N(Cc2ccc(Cl)cc2)C1=O. The zero-order valence-corrected chi connectivity index (χ0v) is 23.8. The van der Waals surface area contributed by atoms with Crippen LogP contribution in [0.15, 0.2) is 51.9 Å². The quantitative estimate of drug-likeness (QED) is 0.372. The lowest BCUT2D eigenvalue weighted by molar-refractivity contribution is -0.120. The van der Waals surface area contributed by atoms with E-state index >= 15 is 4.39 Å². The van der Waals surface area contributed by atoms with Crippen LogP contribution in [0, 0.1) is 5.82 Å².